The van der Waals surface area contributed by atoms with Crippen molar-refractivity contribution in [3.63, 3.8) is 0 Å². The topological polar surface area (TPSA) is 50.7 Å². The minimum atomic E-state index is 0.0313. The maximum atomic E-state index is 12.6. The fourth-order valence-electron chi connectivity index (χ4n) is 3.31. The minimum Gasteiger partial charge on any atom is -0.295 e. The molecule has 0 spiro atoms. The standard InChI is InChI=1S/C20H19N3O/c1-20(9-10-20)13-23-17-8-7-14(11-18(17)22(2)19(23)24)16-6-4-3-5-15(16)12-21/h3-8,11H,9-10,13H2,1-2H3. The predicted molar refractivity (Wildman–Crippen MR) is 94.7 cm³/mol. The Morgan fingerprint density at radius 2 is 1.92 bits per heavy atom. The first-order valence-corrected chi connectivity index (χ1v) is 8.21. The van der Waals surface area contributed by atoms with Crippen molar-refractivity contribution in [2.24, 2.45) is 12.5 Å². The molecule has 2 aromatic carbocycles. The predicted octanol–water partition coefficient (Wildman–Crippen LogP) is 3.68. The maximum absolute atomic E-state index is 12.6. The number of nitrogens with zero attached hydrogens (tertiary/aromatic N) is 3. The fourth-order valence-corrected chi connectivity index (χ4v) is 3.31. The van der Waals surface area contributed by atoms with E-state index < -0.39 is 0 Å². The molecule has 1 aromatic heterocycles. The zero-order valence-electron chi connectivity index (χ0n) is 13.9. The number of hydrogen-bond donors (Lipinski definition) is 0. The van der Waals surface area contributed by atoms with Gasteiger partial charge in [0.15, 0.2) is 0 Å². The molecule has 1 heterocycles. The molecule has 4 rings (SSSR count). The van der Waals surface area contributed by atoms with Gasteiger partial charge in [0.2, 0.25) is 0 Å². The number of rotatable bonds is 3. The molecule has 0 unspecified atom stereocenters. The number of nitriles is 1. The van der Waals surface area contributed by atoms with Gasteiger partial charge in [0.1, 0.15) is 0 Å². The monoisotopic (exact) mass is 317 g/mol. The lowest BCUT2D eigenvalue weighted by atomic mass is 10.00. The van der Waals surface area contributed by atoms with Gasteiger partial charge in [-0.3, -0.25) is 9.13 Å². The van der Waals surface area contributed by atoms with Gasteiger partial charge in [-0.05, 0) is 47.6 Å². The zero-order valence-corrected chi connectivity index (χ0v) is 13.9. The van der Waals surface area contributed by atoms with Gasteiger partial charge in [0.25, 0.3) is 0 Å². The van der Waals surface area contributed by atoms with E-state index in [0.29, 0.717) is 5.56 Å². The van der Waals surface area contributed by atoms with Crippen LogP contribution in [0.15, 0.2) is 47.3 Å². The number of hydrogen-bond acceptors (Lipinski definition) is 2. The van der Waals surface area contributed by atoms with Crippen molar-refractivity contribution in [3.05, 3.63) is 58.5 Å². The summed E-state index contributed by atoms with van der Waals surface area (Å²) in [4.78, 5) is 12.6. The highest BCUT2D eigenvalue weighted by Crippen LogP contribution is 2.46. The first kappa shape index (κ1) is 14.8. The van der Waals surface area contributed by atoms with E-state index in [4.69, 9.17) is 0 Å². The first-order chi connectivity index (χ1) is 11.5. The second kappa shape index (κ2) is 5.10. The third kappa shape index (κ3) is 2.25. The lowest BCUT2D eigenvalue weighted by Crippen LogP contribution is -2.25. The van der Waals surface area contributed by atoms with Gasteiger partial charge in [0, 0.05) is 13.6 Å². The summed E-state index contributed by atoms with van der Waals surface area (Å²) in [5.41, 5.74) is 4.68. The fraction of sp³-hybridized carbons (Fsp3) is 0.300. The Bertz CT molecular complexity index is 1040. The summed E-state index contributed by atoms with van der Waals surface area (Å²) in [7, 11) is 1.82. The number of benzene rings is 2. The van der Waals surface area contributed by atoms with Crippen LogP contribution in [0, 0.1) is 16.7 Å². The van der Waals surface area contributed by atoms with Crippen molar-refractivity contribution in [3.8, 4) is 17.2 Å². The summed E-state index contributed by atoms with van der Waals surface area (Å²) in [5.74, 6) is 0. The summed E-state index contributed by atoms with van der Waals surface area (Å²) in [5, 5.41) is 9.32. The Labute approximate surface area is 140 Å². The van der Waals surface area contributed by atoms with Crippen molar-refractivity contribution in [1.29, 1.82) is 5.26 Å². The molecule has 0 saturated heterocycles. The summed E-state index contributed by atoms with van der Waals surface area (Å²) in [6, 6.07) is 15.8. The van der Waals surface area contributed by atoms with E-state index in [9.17, 15) is 10.1 Å². The molecule has 0 aliphatic heterocycles. The van der Waals surface area contributed by atoms with Gasteiger partial charge in [0.05, 0.1) is 22.7 Å². The number of fused-ring (bicyclic) bond motifs is 1. The maximum Gasteiger partial charge on any atom is 0.328 e. The molecule has 24 heavy (non-hydrogen) atoms. The molecular weight excluding hydrogens is 298 g/mol. The van der Waals surface area contributed by atoms with Crippen molar-refractivity contribution in [2.75, 3.05) is 0 Å². The molecule has 0 N–H and O–H groups in total. The second-order valence-corrected chi connectivity index (χ2v) is 7.10. The molecule has 0 amide bonds. The van der Waals surface area contributed by atoms with Gasteiger partial charge in [-0.15, -0.1) is 0 Å². The molecule has 120 valence electrons. The molecule has 1 fully saturated rings. The Hall–Kier alpha value is -2.80. The van der Waals surface area contributed by atoms with Crippen molar-refractivity contribution >= 4 is 11.0 Å². The van der Waals surface area contributed by atoms with E-state index in [0.717, 1.165) is 28.7 Å². The SMILES string of the molecule is Cn1c(=O)n(CC2(C)CC2)c2ccc(-c3ccccc3C#N)cc21. The van der Waals surface area contributed by atoms with Crippen molar-refractivity contribution in [1.82, 2.24) is 9.13 Å². The van der Waals surface area contributed by atoms with Crippen LogP contribution in [0.25, 0.3) is 22.2 Å². The molecule has 4 heteroatoms. The zero-order chi connectivity index (χ0) is 16.9. The smallest absolute Gasteiger partial charge is 0.295 e. The van der Waals surface area contributed by atoms with Gasteiger partial charge < -0.3 is 0 Å². The normalized spacial score (nSPS) is 15.4. The number of aryl methyl sites for hydroxylation is 1. The highest BCUT2D eigenvalue weighted by molar-refractivity contribution is 5.84. The number of imidazole rings is 1. The van der Waals surface area contributed by atoms with Crippen LogP contribution in [0.4, 0.5) is 0 Å². The Balaban J connectivity index is 1.89. The van der Waals surface area contributed by atoms with Crippen molar-refractivity contribution in [2.45, 2.75) is 26.3 Å². The van der Waals surface area contributed by atoms with Crippen LogP contribution >= 0.6 is 0 Å². The van der Waals surface area contributed by atoms with E-state index in [-0.39, 0.29) is 11.1 Å². The van der Waals surface area contributed by atoms with Crippen LogP contribution in [0.3, 0.4) is 0 Å². The van der Waals surface area contributed by atoms with Gasteiger partial charge in [-0.25, -0.2) is 4.79 Å². The molecule has 1 aliphatic carbocycles. The van der Waals surface area contributed by atoms with Crippen LogP contribution in [0.5, 0.6) is 0 Å². The highest BCUT2D eigenvalue weighted by Gasteiger charge is 2.38. The van der Waals surface area contributed by atoms with Crippen LogP contribution in [-0.2, 0) is 13.6 Å². The van der Waals surface area contributed by atoms with Crippen LogP contribution in [-0.4, -0.2) is 9.13 Å². The Kier molecular flexibility index (Phi) is 3.14. The van der Waals surface area contributed by atoms with Crippen LogP contribution in [0.2, 0.25) is 0 Å². The summed E-state index contributed by atoms with van der Waals surface area (Å²) >= 11 is 0. The molecule has 0 radical (unpaired) electrons. The minimum absolute atomic E-state index is 0.0313. The molecule has 3 aromatic rings. The average Bonchev–Trinajstić information content (AvgIpc) is 3.30. The van der Waals surface area contributed by atoms with Gasteiger partial charge in [-0.2, -0.15) is 5.26 Å². The molecule has 4 nitrogen and oxygen atoms in total. The van der Waals surface area contributed by atoms with Gasteiger partial charge >= 0.3 is 5.69 Å². The molecule has 0 bridgehead atoms. The highest BCUT2D eigenvalue weighted by atomic mass is 16.1. The Morgan fingerprint density at radius 1 is 1.17 bits per heavy atom. The van der Waals surface area contributed by atoms with E-state index in [2.05, 4.69) is 13.0 Å². The van der Waals surface area contributed by atoms with E-state index in [1.165, 1.54) is 12.8 Å². The third-order valence-corrected chi connectivity index (χ3v) is 5.15. The molecule has 0 atom stereocenters. The first-order valence-electron chi connectivity index (χ1n) is 8.21. The largest absolute Gasteiger partial charge is 0.328 e. The van der Waals surface area contributed by atoms with E-state index >= 15 is 0 Å². The molecule has 1 aliphatic rings. The summed E-state index contributed by atoms with van der Waals surface area (Å²) in [6.07, 6.45) is 2.37. The lowest BCUT2D eigenvalue weighted by Gasteiger charge is -2.09. The van der Waals surface area contributed by atoms with Crippen LogP contribution < -0.4 is 5.69 Å². The lowest BCUT2D eigenvalue weighted by molar-refractivity contribution is 0.460. The van der Waals surface area contributed by atoms with Gasteiger partial charge in [-0.1, -0.05) is 31.2 Å². The number of aromatic nitrogens is 2. The average molecular weight is 317 g/mol. The summed E-state index contributed by atoms with van der Waals surface area (Å²) in [6.45, 7) is 3.01. The van der Waals surface area contributed by atoms with E-state index in [1.807, 2.05) is 54.1 Å². The quantitative estimate of drug-likeness (QED) is 0.740. The third-order valence-electron chi connectivity index (χ3n) is 5.15. The Morgan fingerprint density at radius 3 is 2.62 bits per heavy atom. The molecular formula is C20H19N3O. The van der Waals surface area contributed by atoms with E-state index in [1.54, 1.807) is 4.57 Å². The second-order valence-electron chi connectivity index (χ2n) is 7.10. The van der Waals surface area contributed by atoms with Crippen LogP contribution in [0.1, 0.15) is 25.3 Å². The summed E-state index contributed by atoms with van der Waals surface area (Å²) < 4.78 is 3.60. The molecule has 1 saturated carbocycles. The van der Waals surface area contributed by atoms with Crippen molar-refractivity contribution < 1.29 is 0 Å².